The normalized spacial score (nSPS) is 17.3. The molecule has 164 valence electrons. The Morgan fingerprint density at radius 2 is 2.03 bits per heavy atom. The number of para-hydroxylation sites is 1. The molecule has 3 rings (SSSR count). The highest BCUT2D eigenvalue weighted by atomic mass is 35.5. The molecule has 7 nitrogen and oxygen atoms in total. The van der Waals surface area contributed by atoms with Gasteiger partial charge in [0.2, 0.25) is 11.8 Å². The van der Waals surface area contributed by atoms with Gasteiger partial charge in [-0.3, -0.25) is 14.5 Å². The van der Waals surface area contributed by atoms with Crippen LogP contribution in [0.15, 0.2) is 47.5 Å². The first-order chi connectivity index (χ1) is 14.9. The number of nitrogens with one attached hydrogen (secondary N) is 1. The fourth-order valence-corrected chi connectivity index (χ4v) is 4.46. The monoisotopic (exact) mass is 461 g/mol. The SMILES string of the molecule is COCCN1C(=O)C(CC(=O)Nc2ccc(OC)c(Cl)c2)SC1=Nc1ccccc1C. The van der Waals surface area contributed by atoms with Gasteiger partial charge < -0.3 is 14.8 Å². The Morgan fingerprint density at radius 1 is 1.26 bits per heavy atom. The summed E-state index contributed by atoms with van der Waals surface area (Å²) in [6.07, 6.45) is 0.0173. The molecule has 1 N–H and O–H groups in total. The van der Waals surface area contributed by atoms with Crippen molar-refractivity contribution in [2.45, 2.75) is 18.6 Å². The Morgan fingerprint density at radius 3 is 2.71 bits per heavy atom. The first-order valence-electron chi connectivity index (χ1n) is 9.67. The molecule has 1 fully saturated rings. The molecule has 0 saturated carbocycles. The standard InChI is InChI=1S/C22H24ClN3O4S/c1-14-6-4-5-7-17(14)25-22-26(10-11-29-2)21(28)19(31-22)13-20(27)24-15-8-9-18(30-3)16(23)12-15/h4-9,12,19H,10-11,13H2,1-3H3,(H,24,27). The molecule has 0 spiro atoms. The average Bonchev–Trinajstić information content (AvgIpc) is 3.02. The van der Waals surface area contributed by atoms with Gasteiger partial charge in [-0.1, -0.05) is 41.6 Å². The van der Waals surface area contributed by atoms with E-state index >= 15 is 0 Å². The van der Waals surface area contributed by atoms with Crippen LogP contribution < -0.4 is 10.1 Å². The maximum atomic E-state index is 13.0. The summed E-state index contributed by atoms with van der Waals surface area (Å²) in [7, 11) is 3.10. The lowest BCUT2D eigenvalue weighted by Gasteiger charge is -2.16. The van der Waals surface area contributed by atoms with Crippen molar-refractivity contribution in [3.63, 3.8) is 0 Å². The van der Waals surface area contributed by atoms with Gasteiger partial charge in [-0.05, 0) is 36.8 Å². The number of amides is 2. The number of ether oxygens (including phenoxy) is 2. The molecule has 2 amide bonds. The number of aliphatic imine (C=N–C) groups is 1. The largest absolute Gasteiger partial charge is 0.495 e. The molecule has 0 aliphatic carbocycles. The molecule has 0 aromatic heterocycles. The molecule has 1 aliphatic rings. The van der Waals surface area contributed by atoms with Crippen LogP contribution in [0.2, 0.25) is 5.02 Å². The number of hydrogen-bond donors (Lipinski definition) is 1. The zero-order valence-corrected chi connectivity index (χ0v) is 19.1. The van der Waals surface area contributed by atoms with Crippen LogP contribution in [-0.2, 0) is 14.3 Å². The zero-order valence-electron chi connectivity index (χ0n) is 17.6. The second kappa shape index (κ2) is 10.7. The van der Waals surface area contributed by atoms with Gasteiger partial charge in [0, 0.05) is 19.2 Å². The lowest BCUT2D eigenvalue weighted by molar-refractivity contribution is -0.128. The van der Waals surface area contributed by atoms with Crippen molar-refractivity contribution in [2.75, 3.05) is 32.7 Å². The number of aryl methyl sites for hydroxylation is 1. The van der Waals surface area contributed by atoms with Crippen molar-refractivity contribution in [2.24, 2.45) is 4.99 Å². The van der Waals surface area contributed by atoms with E-state index in [0.29, 0.717) is 34.8 Å². The van der Waals surface area contributed by atoms with E-state index in [1.54, 1.807) is 30.2 Å². The van der Waals surface area contributed by atoms with E-state index in [4.69, 9.17) is 21.1 Å². The van der Waals surface area contributed by atoms with E-state index in [1.807, 2.05) is 31.2 Å². The maximum Gasteiger partial charge on any atom is 0.242 e. The van der Waals surface area contributed by atoms with Crippen LogP contribution in [0, 0.1) is 6.92 Å². The van der Waals surface area contributed by atoms with Crippen LogP contribution in [0.4, 0.5) is 11.4 Å². The topological polar surface area (TPSA) is 80.2 Å². The molecule has 2 aromatic carbocycles. The summed E-state index contributed by atoms with van der Waals surface area (Å²) in [4.78, 5) is 31.8. The first kappa shape index (κ1) is 23.1. The highest BCUT2D eigenvalue weighted by molar-refractivity contribution is 8.15. The van der Waals surface area contributed by atoms with Gasteiger partial charge in [0.15, 0.2) is 5.17 Å². The first-order valence-corrected chi connectivity index (χ1v) is 10.9. The Kier molecular flexibility index (Phi) is 7.95. The number of methoxy groups -OCH3 is 2. The van der Waals surface area contributed by atoms with E-state index < -0.39 is 5.25 Å². The highest BCUT2D eigenvalue weighted by Gasteiger charge is 2.39. The predicted octanol–water partition coefficient (Wildman–Crippen LogP) is 4.26. The maximum absolute atomic E-state index is 13.0. The number of carbonyl (C=O) groups excluding carboxylic acids is 2. The molecule has 1 atom stereocenters. The molecule has 1 unspecified atom stereocenters. The van der Waals surface area contributed by atoms with Crippen LogP contribution in [0.3, 0.4) is 0 Å². The minimum absolute atomic E-state index is 0.0173. The minimum Gasteiger partial charge on any atom is -0.495 e. The summed E-state index contributed by atoms with van der Waals surface area (Å²) in [6, 6.07) is 12.7. The molecule has 1 heterocycles. The van der Waals surface area contributed by atoms with Crippen molar-refractivity contribution in [1.82, 2.24) is 4.90 Å². The van der Waals surface area contributed by atoms with Gasteiger partial charge >= 0.3 is 0 Å². The van der Waals surface area contributed by atoms with Crippen molar-refractivity contribution in [3.8, 4) is 5.75 Å². The Labute approximate surface area is 190 Å². The number of thioether (sulfide) groups is 1. The van der Waals surface area contributed by atoms with Gasteiger partial charge in [0.05, 0.1) is 31.0 Å². The van der Waals surface area contributed by atoms with Crippen molar-refractivity contribution in [3.05, 3.63) is 53.1 Å². The quantitative estimate of drug-likeness (QED) is 0.635. The number of carbonyl (C=O) groups is 2. The van der Waals surface area contributed by atoms with Crippen molar-refractivity contribution >= 4 is 51.7 Å². The minimum atomic E-state index is -0.562. The predicted molar refractivity (Wildman–Crippen MR) is 124 cm³/mol. The van der Waals surface area contributed by atoms with Crippen LogP contribution in [0.25, 0.3) is 0 Å². The van der Waals surface area contributed by atoms with Crippen LogP contribution in [0.1, 0.15) is 12.0 Å². The molecule has 2 aromatic rings. The summed E-state index contributed by atoms with van der Waals surface area (Å²) in [5.41, 5.74) is 2.33. The molecule has 31 heavy (non-hydrogen) atoms. The number of nitrogens with zero attached hydrogens (tertiary/aromatic N) is 2. The Hall–Kier alpha value is -2.55. The van der Waals surface area contributed by atoms with E-state index in [9.17, 15) is 9.59 Å². The van der Waals surface area contributed by atoms with E-state index in [-0.39, 0.29) is 18.2 Å². The molecule has 9 heteroatoms. The third-order valence-corrected chi connectivity index (χ3v) is 6.15. The van der Waals surface area contributed by atoms with Gasteiger partial charge in [-0.25, -0.2) is 4.99 Å². The van der Waals surface area contributed by atoms with Gasteiger partial charge in [0.1, 0.15) is 11.0 Å². The molecule has 0 radical (unpaired) electrons. The second-order valence-electron chi connectivity index (χ2n) is 6.87. The van der Waals surface area contributed by atoms with E-state index in [0.717, 1.165) is 11.3 Å². The molecule has 0 bridgehead atoms. The third-order valence-electron chi connectivity index (χ3n) is 4.68. The van der Waals surface area contributed by atoms with E-state index in [2.05, 4.69) is 10.3 Å². The molecule has 1 saturated heterocycles. The number of rotatable bonds is 8. The number of benzene rings is 2. The van der Waals surface area contributed by atoms with Gasteiger partial charge in [0.25, 0.3) is 0 Å². The number of anilines is 1. The highest BCUT2D eigenvalue weighted by Crippen LogP contribution is 2.33. The number of hydrogen-bond acceptors (Lipinski definition) is 6. The van der Waals surface area contributed by atoms with Crippen molar-refractivity contribution < 1.29 is 19.1 Å². The smallest absolute Gasteiger partial charge is 0.242 e. The zero-order chi connectivity index (χ0) is 22.4. The van der Waals surface area contributed by atoms with Gasteiger partial charge in [-0.15, -0.1) is 0 Å². The van der Waals surface area contributed by atoms with Crippen LogP contribution >= 0.6 is 23.4 Å². The van der Waals surface area contributed by atoms with Crippen molar-refractivity contribution in [1.29, 1.82) is 0 Å². The summed E-state index contributed by atoms with van der Waals surface area (Å²) in [5.74, 6) is 0.0836. The fourth-order valence-electron chi connectivity index (χ4n) is 3.03. The lowest BCUT2D eigenvalue weighted by Crippen LogP contribution is -2.35. The second-order valence-corrected chi connectivity index (χ2v) is 8.45. The molecular formula is C22H24ClN3O4S. The van der Waals surface area contributed by atoms with Crippen LogP contribution in [0.5, 0.6) is 5.75 Å². The summed E-state index contributed by atoms with van der Waals surface area (Å²) < 4.78 is 10.3. The summed E-state index contributed by atoms with van der Waals surface area (Å²) in [6.45, 7) is 2.72. The third kappa shape index (κ3) is 5.78. The molecule has 1 aliphatic heterocycles. The fraction of sp³-hybridized carbons (Fsp3) is 0.318. The molecular weight excluding hydrogens is 438 g/mol. The lowest BCUT2D eigenvalue weighted by atomic mass is 10.2. The Balaban J connectivity index is 1.73. The number of halogens is 1. The van der Waals surface area contributed by atoms with Gasteiger partial charge in [-0.2, -0.15) is 0 Å². The summed E-state index contributed by atoms with van der Waals surface area (Å²) in [5, 5.41) is 3.19. The van der Waals surface area contributed by atoms with E-state index in [1.165, 1.54) is 18.9 Å². The number of amidine groups is 1. The Bertz CT molecular complexity index is 998. The summed E-state index contributed by atoms with van der Waals surface area (Å²) >= 11 is 7.41. The average molecular weight is 462 g/mol. The van der Waals surface area contributed by atoms with Crippen LogP contribution in [-0.4, -0.2) is 54.5 Å².